The monoisotopic (exact) mass is 526 g/mol. The Morgan fingerprint density at radius 1 is 1.41 bits per heavy atom. The van der Waals surface area contributed by atoms with Crippen LogP contribution in [0.15, 0.2) is 21.1 Å². The first-order valence-corrected chi connectivity index (χ1v) is 9.63. The Labute approximate surface area is 173 Å². The summed E-state index contributed by atoms with van der Waals surface area (Å²) in [6, 6.07) is 2.49. The van der Waals surface area contributed by atoms with E-state index < -0.39 is 22.9 Å². The van der Waals surface area contributed by atoms with Crippen molar-refractivity contribution in [3.63, 3.8) is 0 Å². The Bertz CT molecular complexity index is 911. The number of benzene rings is 1. The van der Waals surface area contributed by atoms with E-state index in [9.17, 15) is 23.7 Å². The van der Waals surface area contributed by atoms with Crippen molar-refractivity contribution < 1.29 is 18.5 Å². The largest absolute Gasteiger partial charge is 0.323 e. The number of nitrogens with one attached hydrogen (secondary N) is 1. The van der Waals surface area contributed by atoms with Crippen molar-refractivity contribution in [2.24, 2.45) is 0 Å². The number of carbonyl (C=O) groups is 1. The van der Waals surface area contributed by atoms with Gasteiger partial charge in [0, 0.05) is 27.0 Å². The summed E-state index contributed by atoms with van der Waals surface area (Å²) in [6.07, 6.45) is -1.23. The molecule has 0 unspecified atom stereocenters. The zero-order chi connectivity index (χ0) is 19.9. The average Bonchev–Trinajstić information content (AvgIpc) is 3.35. The molecule has 1 aromatic carbocycles. The van der Waals surface area contributed by atoms with Crippen LogP contribution in [0.4, 0.5) is 20.2 Å². The summed E-state index contributed by atoms with van der Waals surface area (Å²) in [5.41, 5.74) is 0.0159. The Hall–Kier alpha value is -1.59. The summed E-state index contributed by atoms with van der Waals surface area (Å²) in [7, 11) is 0. The first-order valence-electron chi connectivity index (χ1n) is 7.66. The van der Waals surface area contributed by atoms with Crippen molar-refractivity contribution in [1.29, 1.82) is 0 Å². The highest BCUT2D eigenvalue weighted by Crippen LogP contribution is 2.45. The van der Waals surface area contributed by atoms with Crippen LogP contribution >= 0.6 is 43.5 Å². The lowest BCUT2D eigenvalue weighted by molar-refractivity contribution is -0.385. The van der Waals surface area contributed by atoms with Gasteiger partial charge in [0.1, 0.15) is 12.2 Å². The molecule has 1 amide bonds. The topological polar surface area (TPSA) is 90.1 Å². The standard InChI is InChI=1S/C15H11Br2ClF2N4O3/c16-8-3-7(24(26)27)4-9(17)12(8)21-10(25)5-23-14(6-1-2-6)11(18)13(22-23)15(19)20/h3-4,6,15H,1-2,5H2,(H,21,25). The number of hydrogen-bond donors (Lipinski definition) is 1. The molecule has 1 aromatic heterocycles. The molecule has 1 heterocycles. The predicted octanol–water partition coefficient (Wildman–Crippen LogP) is 5.42. The lowest BCUT2D eigenvalue weighted by Crippen LogP contribution is -2.21. The molecule has 0 aliphatic heterocycles. The molecule has 1 aliphatic carbocycles. The van der Waals surface area contributed by atoms with Crippen LogP contribution in [0.25, 0.3) is 0 Å². The summed E-state index contributed by atoms with van der Waals surface area (Å²) < 4.78 is 27.9. The molecule has 27 heavy (non-hydrogen) atoms. The fraction of sp³-hybridized carbons (Fsp3) is 0.333. The molecule has 1 fully saturated rings. The van der Waals surface area contributed by atoms with Crippen LogP contribution in [0.5, 0.6) is 0 Å². The number of halogens is 5. The van der Waals surface area contributed by atoms with Crippen molar-refractivity contribution in [3.8, 4) is 0 Å². The summed E-state index contributed by atoms with van der Waals surface area (Å²) in [5.74, 6) is -0.518. The number of hydrogen-bond acceptors (Lipinski definition) is 4. The molecule has 1 aliphatic rings. The fourth-order valence-electron chi connectivity index (χ4n) is 2.58. The third kappa shape index (κ3) is 4.30. The maximum Gasteiger partial charge on any atom is 0.283 e. The molecule has 0 spiro atoms. The minimum atomic E-state index is -2.84. The highest BCUT2D eigenvalue weighted by Gasteiger charge is 2.34. The summed E-state index contributed by atoms with van der Waals surface area (Å²) in [4.78, 5) is 22.7. The first-order chi connectivity index (χ1) is 12.7. The number of aromatic nitrogens is 2. The molecule has 1 N–H and O–H groups in total. The van der Waals surface area contributed by atoms with Gasteiger partial charge in [0.2, 0.25) is 5.91 Å². The Kier molecular flexibility index (Phi) is 5.82. The highest BCUT2D eigenvalue weighted by molar-refractivity contribution is 9.11. The van der Waals surface area contributed by atoms with Gasteiger partial charge in [-0.15, -0.1) is 0 Å². The molecular formula is C15H11Br2ClF2N4O3. The average molecular weight is 529 g/mol. The van der Waals surface area contributed by atoms with Gasteiger partial charge in [-0.05, 0) is 44.7 Å². The molecule has 1 saturated carbocycles. The number of rotatable bonds is 6. The fourth-order valence-corrected chi connectivity index (χ4v) is 4.31. The second-order valence-electron chi connectivity index (χ2n) is 5.91. The van der Waals surface area contributed by atoms with E-state index in [0.29, 0.717) is 14.6 Å². The van der Waals surface area contributed by atoms with E-state index in [-0.39, 0.29) is 28.9 Å². The summed E-state index contributed by atoms with van der Waals surface area (Å²) >= 11 is 12.4. The van der Waals surface area contributed by atoms with Gasteiger partial charge in [-0.2, -0.15) is 5.10 Å². The number of anilines is 1. The third-order valence-corrected chi connectivity index (χ3v) is 5.56. The maximum atomic E-state index is 13.1. The van der Waals surface area contributed by atoms with E-state index in [0.717, 1.165) is 12.8 Å². The number of alkyl halides is 2. The lowest BCUT2D eigenvalue weighted by atomic mass is 10.2. The highest BCUT2D eigenvalue weighted by atomic mass is 79.9. The third-order valence-electron chi connectivity index (χ3n) is 3.92. The van der Waals surface area contributed by atoms with E-state index in [1.807, 2.05) is 0 Å². The maximum absolute atomic E-state index is 13.1. The molecule has 0 bridgehead atoms. The molecule has 12 heteroatoms. The van der Waals surface area contributed by atoms with Gasteiger partial charge in [0.05, 0.1) is 21.3 Å². The van der Waals surface area contributed by atoms with E-state index in [1.165, 1.54) is 16.8 Å². The van der Waals surface area contributed by atoms with Crippen LogP contribution in [0.1, 0.15) is 36.6 Å². The van der Waals surface area contributed by atoms with Gasteiger partial charge < -0.3 is 5.32 Å². The quantitative estimate of drug-likeness (QED) is 0.400. The minimum Gasteiger partial charge on any atom is -0.323 e. The summed E-state index contributed by atoms with van der Waals surface area (Å²) in [5, 5.41) is 17.2. The second kappa shape index (κ2) is 7.80. The first kappa shape index (κ1) is 20.2. The van der Waals surface area contributed by atoms with E-state index >= 15 is 0 Å². The molecule has 144 valence electrons. The predicted molar refractivity (Wildman–Crippen MR) is 101 cm³/mol. The summed E-state index contributed by atoms with van der Waals surface area (Å²) in [6.45, 7) is -0.311. The molecule has 3 rings (SSSR count). The van der Waals surface area contributed by atoms with Gasteiger partial charge in [0.15, 0.2) is 0 Å². The normalized spacial score (nSPS) is 13.9. The van der Waals surface area contributed by atoms with E-state index in [4.69, 9.17) is 11.6 Å². The zero-order valence-corrected chi connectivity index (χ0v) is 17.3. The number of carbonyl (C=O) groups excluding carboxylic acids is 1. The number of non-ortho nitro benzene ring substituents is 1. The molecule has 7 nitrogen and oxygen atoms in total. The van der Waals surface area contributed by atoms with Crippen LogP contribution in [0.3, 0.4) is 0 Å². The SMILES string of the molecule is O=C(Cn1nc(C(F)F)c(Cl)c1C1CC1)Nc1c(Br)cc([N+](=O)[O-])cc1Br. The number of amides is 1. The van der Waals surface area contributed by atoms with Crippen LogP contribution < -0.4 is 5.32 Å². The van der Waals surface area contributed by atoms with Crippen LogP contribution in [0.2, 0.25) is 5.02 Å². The van der Waals surface area contributed by atoms with Gasteiger partial charge in [0.25, 0.3) is 12.1 Å². The molecule has 0 saturated heterocycles. The van der Waals surface area contributed by atoms with Crippen molar-refractivity contribution >= 4 is 60.7 Å². The molecule has 0 atom stereocenters. The minimum absolute atomic E-state index is 0.0168. The van der Waals surface area contributed by atoms with Crippen molar-refractivity contribution in [1.82, 2.24) is 9.78 Å². The van der Waals surface area contributed by atoms with Gasteiger partial charge in [-0.3, -0.25) is 19.6 Å². The Morgan fingerprint density at radius 3 is 2.48 bits per heavy atom. The second-order valence-corrected chi connectivity index (χ2v) is 7.99. The molecule has 0 radical (unpaired) electrons. The van der Waals surface area contributed by atoms with Crippen LogP contribution in [-0.2, 0) is 11.3 Å². The smallest absolute Gasteiger partial charge is 0.283 e. The Balaban J connectivity index is 1.83. The zero-order valence-electron chi connectivity index (χ0n) is 13.4. The van der Waals surface area contributed by atoms with Gasteiger partial charge >= 0.3 is 0 Å². The van der Waals surface area contributed by atoms with Crippen LogP contribution in [-0.4, -0.2) is 20.6 Å². The van der Waals surface area contributed by atoms with Gasteiger partial charge in [-0.25, -0.2) is 8.78 Å². The van der Waals surface area contributed by atoms with Crippen LogP contribution in [0, 0.1) is 10.1 Å². The van der Waals surface area contributed by atoms with Crippen molar-refractivity contribution in [2.75, 3.05) is 5.32 Å². The van der Waals surface area contributed by atoms with Crippen molar-refractivity contribution in [3.05, 3.63) is 47.6 Å². The van der Waals surface area contributed by atoms with Gasteiger partial charge in [-0.1, -0.05) is 11.6 Å². The number of nitro groups is 1. The number of nitrogens with zero attached hydrogens (tertiary/aromatic N) is 3. The van der Waals surface area contributed by atoms with E-state index in [1.54, 1.807) is 0 Å². The molecule has 2 aromatic rings. The Morgan fingerprint density at radius 2 is 2.00 bits per heavy atom. The van der Waals surface area contributed by atoms with Crippen molar-refractivity contribution in [2.45, 2.75) is 31.7 Å². The number of nitro benzene ring substituents is 1. The lowest BCUT2D eigenvalue weighted by Gasteiger charge is -2.11. The van der Waals surface area contributed by atoms with E-state index in [2.05, 4.69) is 42.3 Å². The molecular weight excluding hydrogens is 517 g/mol.